The number of amides is 1. The Hall–Kier alpha value is -2.19. The molecular weight excluding hydrogens is 322 g/mol. The van der Waals surface area contributed by atoms with Gasteiger partial charge in [-0.15, -0.1) is 10.2 Å². The van der Waals surface area contributed by atoms with Crippen molar-refractivity contribution < 1.29 is 14.6 Å². The molecule has 0 saturated heterocycles. The molecule has 8 nitrogen and oxygen atoms in total. The monoisotopic (exact) mass is 339 g/mol. The van der Waals surface area contributed by atoms with E-state index in [1.54, 1.807) is 18.2 Å². The molecule has 0 aliphatic heterocycles. The van der Waals surface area contributed by atoms with Crippen LogP contribution in [0.3, 0.4) is 0 Å². The first-order chi connectivity index (χ1) is 10.8. The first-order valence-electron chi connectivity index (χ1n) is 6.93. The second-order valence-corrected chi connectivity index (χ2v) is 6.33. The molecule has 0 unspecified atom stereocenters. The summed E-state index contributed by atoms with van der Waals surface area (Å²) in [7, 11) is 0. The van der Waals surface area contributed by atoms with Crippen LogP contribution in [-0.4, -0.2) is 44.0 Å². The van der Waals surface area contributed by atoms with Crippen LogP contribution in [0.25, 0.3) is 11.4 Å². The van der Waals surface area contributed by atoms with Gasteiger partial charge in [-0.3, -0.25) is 0 Å². The first kappa shape index (κ1) is 17.2. The van der Waals surface area contributed by atoms with Gasteiger partial charge in [0.15, 0.2) is 6.10 Å². The van der Waals surface area contributed by atoms with Crippen LogP contribution in [0.5, 0.6) is 0 Å². The molecule has 2 rings (SSSR count). The van der Waals surface area contributed by atoms with Crippen LogP contribution in [0, 0.1) is 0 Å². The fourth-order valence-electron chi connectivity index (χ4n) is 1.87. The summed E-state index contributed by atoms with van der Waals surface area (Å²) in [5, 5.41) is 26.2. The van der Waals surface area contributed by atoms with Gasteiger partial charge in [-0.1, -0.05) is 17.7 Å². The summed E-state index contributed by atoms with van der Waals surface area (Å²) in [6, 6.07) is 4.94. The molecular formula is C14H18ClN5O3. The smallest absolute Gasteiger partial charge is 0.408 e. The van der Waals surface area contributed by atoms with E-state index in [9.17, 15) is 9.90 Å². The molecule has 0 aliphatic rings. The van der Waals surface area contributed by atoms with Crippen LogP contribution in [0.2, 0.25) is 5.02 Å². The minimum Gasteiger partial charge on any atom is -0.439 e. The van der Waals surface area contributed by atoms with E-state index in [2.05, 4.69) is 25.9 Å². The summed E-state index contributed by atoms with van der Waals surface area (Å²) in [6.45, 7) is 5.13. The number of carbonyl (C=O) groups is 1. The second-order valence-electron chi connectivity index (χ2n) is 5.93. The van der Waals surface area contributed by atoms with E-state index in [4.69, 9.17) is 16.3 Å². The first-order valence-corrected chi connectivity index (χ1v) is 7.31. The third-order valence-electron chi connectivity index (χ3n) is 2.84. The molecule has 1 aromatic heterocycles. The van der Waals surface area contributed by atoms with Crippen molar-refractivity contribution in [2.24, 2.45) is 0 Å². The number of ether oxygens (including phenoxy) is 1. The van der Waals surface area contributed by atoms with Crippen LogP contribution in [0.15, 0.2) is 18.2 Å². The number of aliphatic hydroxyl groups excluding tert-OH is 1. The van der Waals surface area contributed by atoms with Gasteiger partial charge < -0.3 is 15.2 Å². The molecule has 0 saturated carbocycles. The van der Waals surface area contributed by atoms with E-state index in [0.29, 0.717) is 22.0 Å². The molecule has 23 heavy (non-hydrogen) atoms. The normalized spacial score (nSPS) is 12.7. The van der Waals surface area contributed by atoms with Gasteiger partial charge in [-0.05, 0) is 43.7 Å². The Labute approximate surface area is 138 Å². The Morgan fingerprint density at radius 3 is 2.78 bits per heavy atom. The zero-order valence-electron chi connectivity index (χ0n) is 13.0. The highest BCUT2D eigenvalue weighted by atomic mass is 35.5. The van der Waals surface area contributed by atoms with Gasteiger partial charge in [0.2, 0.25) is 5.82 Å². The number of aromatic nitrogens is 4. The van der Waals surface area contributed by atoms with Gasteiger partial charge in [0.1, 0.15) is 0 Å². The van der Waals surface area contributed by atoms with Crippen molar-refractivity contribution in [3.63, 3.8) is 0 Å². The lowest BCUT2D eigenvalue weighted by Gasteiger charge is -2.23. The van der Waals surface area contributed by atoms with Crippen molar-refractivity contribution in [3.8, 4) is 11.4 Å². The van der Waals surface area contributed by atoms with Crippen LogP contribution in [0.4, 0.5) is 4.79 Å². The molecule has 1 heterocycles. The van der Waals surface area contributed by atoms with E-state index in [1.165, 1.54) is 0 Å². The van der Waals surface area contributed by atoms with E-state index in [1.807, 2.05) is 20.8 Å². The minimum atomic E-state index is -0.833. The van der Waals surface area contributed by atoms with Gasteiger partial charge in [-0.25, -0.2) is 4.79 Å². The molecule has 0 spiro atoms. The molecule has 0 aliphatic carbocycles. The maximum Gasteiger partial charge on any atom is 0.408 e. The molecule has 1 amide bonds. The lowest BCUT2D eigenvalue weighted by atomic mass is 10.1. The summed E-state index contributed by atoms with van der Waals surface area (Å²) in [6.07, 6.45) is -1.45. The number of carbonyl (C=O) groups excluding carboxylic acids is 1. The Morgan fingerprint density at radius 2 is 2.22 bits per heavy atom. The van der Waals surface area contributed by atoms with E-state index in [-0.39, 0.29) is 6.61 Å². The average Bonchev–Trinajstić information content (AvgIpc) is 2.97. The molecule has 3 N–H and O–H groups in total. The number of aromatic amines is 1. The highest BCUT2D eigenvalue weighted by Crippen LogP contribution is 2.29. The van der Waals surface area contributed by atoms with Gasteiger partial charge in [-0.2, -0.15) is 5.21 Å². The third kappa shape index (κ3) is 4.64. The van der Waals surface area contributed by atoms with Crippen molar-refractivity contribution in [2.45, 2.75) is 32.4 Å². The van der Waals surface area contributed by atoms with Crippen molar-refractivity contribution in [3.05, 3.63) is 28.8 Å². The number of alkyl carbamates (subject to hydrolysis) is 1. The minimum absolute atomic E-state index is 0.313. The van der Waals surface area contributed by atoms with E-state index in [0.717, 1.165) is 0 Å². The number of tetrazole rings is 1. The molecule has 9 heteroatoms. The number of H-pyrrole nitrogens is 1. The van der Waals surface area contributed by atoms with E-state index >= 15 is 0 Å². The fourth-order valence-corrected chi connectivity index (χ4v) is 2.07. The van der Waals surface area contributed by atoms with Crippen molar-refractivity contribution in [1.29, 1.82) is 0 Å². The summed E-state index contributed by atoms with van der Waals surface area (Å²) >= 11 is 6.12. The molecule has 0 radical (unpaired) electrons. The van der Waals surface area contributed by atoms with Crippen molar-refractivity contribution >= 4 is 17.7 Å². The van der Waals surface area contributed by atoms with E-state index < -0.39 is 17.7 Å². The lowest BCUT2D eigenvalue weighted by molar-refractivity contribution is 0.0530. The Kier molecular flexibility index (Phi) is 5.17. The molecule has 1 atom stereocenters. The van der Waals surface area contributed by atoms with Crippen molar-refractivity contribution in [1.82, 2.24) is 25.9 Å². The highest BCUT2D eigenvalue weighted by molar-refractivity contribution is 6.33. The standard InChI is InChI=1S/C14H18ClN5O3/c1-14(2,3)16-13(22)23-11(7-21)8-4-5-10(15)9(6-8)12-17-19-20-18-12/h4-6,11,21H,7H2,1-3H3,(H,16,22)(H,17,18,19,20)/t11-/m1/s1. The maximum absolute atomic E-state index is 11.9. The number of hydrogen-bond donors (Lipinski definition) is 3. The summed E-state index contributed by atoms with van der Waals surface area (Å²) < 4.78 is 5.27. The maximum atomic E-state index is 11.9. The number of benzene rings is 1. The summed E-state index contributed by atoms with van der Waals surface area (Å²) in [4.78, 5) is 11.9. The summed E-state index contributed by atoms with van der Waals surface area (Å²) in [5.74, 6) is 0.313. The Balaban J connectivity index is 2.22. The Bertz CT molecular complexity index is 670. The van der Waals surface area contributed by atoms with Crippen molar-refractivity contribution in [2.75, 3.05) is 6.61 Å². The zero-order chi connectivity index (χ0) is 17.0. The highest BCUT2D eigenvalue weighted by Gasteiger charge is 2.21. The predicted molar refractivity (Wildman–Crippen MR) is 83.8 cm³/mol. The fraction of sp³-hybridized carbons (Fsp3) is 0.429. The van der Waals surface area contributed by atoms with Gasteiger partial charge in [0.05, 0.1) is 11.6 Å². The number of rotatable bonds is 4. The quantitative estimate of drug-likeness (QED) is 0.786. The molecule has 0 fully saturated rings. The molecule has 1 aromatic carbocycles. The number of nitrogens with one attached hydrogen (secondary N) is 2. The molecule has 0 bridgehead atoms. The van der Waals surface area contributed by atoms with Crippen LogP contribution < -0.4 is 5.32 Å². The predicted octanol–water partition coefficient (Wildman–Crippen LogP) is 2.08. The third-order valence-corrected chi connectivity index (χ3v) is 3.17. The van der Waals surface area contributed by atoms with Crippen LogP contribution in [0.1, 0.15) is 32.4 Å². The largest absolute Gasteiger partial charge is 0.439 e. The number of aliphatic hydroxyl groups is 1. The summed E-state index contributed by atoms with van der Waals surface area (Å²) in [5.41, 5.74) is 0.657. The van der Waals surface area contributed by atoms with Crippen LogP contribution >= 0.6 is 11.6 Å². The second kappa shape index (κ2) is 6.93. The zero-order valence-corrected chi connectivity index (χ0v) is 13.8. The van der Waals surface area contributed by atoms with Gasteiger partial charge >= 0.3 is 6.09 Å². The lowest BCUT2D eigenvalue weighted by Crippen LogP contribution is -2.41. The SMILES string of the molecule is CC(C)(C)NC(=O)O[C@H](CO)c1ccc(Cl)c(-c2nn[nH]n2)c1. The number of halogens is 1. The molecule has 2 aromatic rings. The number of hydrogen-bond acceptors (Lipinski definition) is 6. The van der Waals surface area contributed by atoms with Crippen LogP contribution in [-0.2, 0) is 4.74 Å². The average molecular weight is 340 g/mol. The molecule has 124 valence electrons. The van der Waals surface area contributed by atoms with Gasteiger partial charge in [0, 0.05) is 11.1 Å². The topological polar surface area (TPSA) is 113 Å². The van der Waals surface area contributed by atoms with Gasteiger partial charge in [0.25, 0.3) is 0 Å². The number of nitrogens with zero attached hydrogens (tertiary/aromatic N) is 3. The Morgan fingerprint density at radius 1 is 1.48 bits per heavy atom.